The van der Waals surface area contributed by atoms with E-state index in [2.05, 4.69) is 30.5 Å². The number of rotatable bonds is 5. The number of aryl methyl sites for hydroxylation is 1. The summed E-state index contributed by atoms with van der Waals surface area (Å²) in [6.07, 6.45) is 0. The van der Waals surface area contributed by atoms with Crippen LogP contribution in [-0.4, -0.2) is 18.5 Å². The molecule has 22 heavy (non-hydrogen) atoms. The van der Waals surface area contributed by atoms with E-state index in [9.17, 15) is 4.79 Å². The van der Waals surface area contributed by atoms with Crippen LogP contribution in [0.1, 0.15) is 28.4 Å². The lowest BCUT2D eigenvalue weighted by Crippen LogP contribution is -2.38. The van der Waals surface area contributed by atoms with Gasteiger partial charge in [0.2, 0.25) is 0 Å². The van der Waals surface area contributed by atoms with Gasteiger partial charge in [0.05, 0.1) is 11.3 Å². The van der Waals surface area contributed by atoms with Crippen molar-refractivity contribution in [2.45, 2.75) is 26.8 Å². The summed E-state index contributed by atoms with van der Waals surface area (Å²) in [6, 6.07) is 13.5. The van der Waals surface area contributed by atoms with Crippen LogP contribution in [0.5, 0.6) is 0 Å². The van der Waals surface area contributed by atoms with Crippen LogP contribution in [0, 0.1) is 13.8 Å². The molecule has 0 heterocycles. The van der Waals surface area contributed by atoms with E-state index in [1.807, 2.05) is 43.3 Å². The molecule has 116 valence electrons. The number of para-hydroxylation sites is 1. The van der Waals surface area contributed by atoms with Gasteiger partial charge >= 0.3 is 0 Å². The number of benzene rings is 2. The highest BCUT2D eigenvalue weighted by Gasteiger charge is 2.13. The third-order valence-electron chi connectivity index (χ3n) is 3.78. The number of carbonyl (C=O) groups is 1. The van der Waals surface area contributed by atoms with Crippen molar-refractivity contribution in [3.63, 3.8) is 0 Å². The first kappa shape index (κ1) is 16.0. The van der Waals surface area contributed by atoms with Gasteiger partial charge in [-0.15, -0.1) is 0 Å². The van der Waals surface area contributed by atoms with E-state index < -0.39 is 0 Å². The van der Waals surface area contributed by atoms with E-state index in [0.717, 1.165) is 11.4 Å². The topological polar surface area (TPSA) is 67.2 Å². The Hall–Kier alpha value is -2.33. The van der Waals surface area contributed by atoms with Gasteiger partial charge in [-0.3, -0.25) is 4.79 Å². The Bertz CT molecular complexity index is 667. The zero-order valence-electron chi connectivity index (χ0n) is 13.3. The third kappa shape index (κ3) is 3.65. The molecule has 0 aliphatic rings. The fourth-order valence-electron chi connectivity index (χ4n) is 2.18. The third-order valence-corrected chi connectivity index (χ3v) is 3.78. The highest BCUT2D eigenvalue weighted by molar-refractivity contribution is 6.00. The molecule has 0 saturated heterocycles. The summed E-state index contributed by atoms with van der Waals surface area (Å²) in [6.45, 7) is 6.44. The first-order chi connectivity index (χ1) is 10.5. The molecule has 0 aliphatic heterocycles. The van der Waals surface area contributed by atoms with Crippen LogP contribution >= 0.6 is 0 Å². The molecular weight excluding hydrogens is 274 g/mol. The SMILES string of the molecule is Cc1cccc(Nc2ccccc2C(=O)N[C@@H](C)CN)c1C. The minimum atomic E-state index is -0.119. The molecule has 0 fully saturated rings. The summed E-state index contributed by atoms with van der Waals surface area (Å²) in [7, 11) is 0. The Kier molecular flexibility index (Phi) is 5.17. The highest BCUT2D eigenvalue weighted by atomic mass is 16.1. The number of carbonyl (C=O) groups excluding carboxylic acids is 1. The predicted octanol–water partition coefficient (Wildman–Crippen LogP) is 3.12. The molecule has 0 bridgehead atoms. The molecule has 4 heteroatoms. The average molecular weight is 297 g/mol. The van der Waals surface area contributed by atoms with Gasteiger partial charge in [-0.25, -0.2) is 0 Å². The van der Waals surface area contributed by atoms with Crippen LogP contribution in [0.15, 0.2) is 42.5 Å². The summed E-state index contributed by atoms with van der Waals surface area (Å²) in [5.41, 5.74) is 10.4. The number of hydrogen-bond acceptors (Lipinski definition) is 3. The molecule has 0 unspecified atom stereocenters. The smallest absolute Gasteiger partial charge is 0.253 e. The molecule has 0 spiro atoms. The molecule has 2 aromatic carbocycles. The van der Waals surface area contributed by atoms with Crippen molar-refractivity contribution >= 4 is 17.3 Å². The van der Waals surface area contributed by atoms with E-state index in [1.54, 1.807) is 0 Å². The van der Waals surface area contributed by atoms with Crippen molar-refractivity contribution in [3.8, 4) is 0 Å². The summed E-state index contributed by atoms with van der Waals surface area (Å²) in [5.74, 6) is -0.119. The van der Waals surface area contributed by atoms with Crippen molar-refractivity contribution in [3.05, 3.63) is 59.2 Å². The maximum absolute atomic E-state index is 12.4. The van der Waals surface area contributed by atoms with E-state index in [1.165, 1.54) is 11.1 Å². The number of nitrogens with two attached hydrogens (primary N) is 1. The van der Waals surface area contributed by atoms with Gasteiger partial charge in [0.1, 0.15) is 0 Å². The number of amides is 1. The Balaban J connectivity index is 2.29. The standard InChI is InChI=1S/C18H23N3O/c1-12-7-6-10-16(14(12)3)21-17-9-5-4-8-15(17)18(22)20-13(2)11-19/h4-10,13,21H,11,19H2,1-3H3,(H,20,22)/t13-/m0/s1. The molecular formula is C18H23N3O. The minimum Gasteiger partial charge on any atom is -0.355 e. The molecule has 0 aromatic heterocycles. The Morgan fingerprint density at radius 1 is 1.09 bits per heavy atom. The van der Waals surface area contributed by atoms with E-state index in [-0.39, 0.29) is 11.9 Å². The lowest BCUT2D eigenvalue weighted by molar-refractivity contribution is 0.0942. The molecule has 1 atom stereocenters. The summed E-state index contributed by atoms with van der Waals surface area (Å²) < 4.78 is 0. The van der Waals surface area contributed by atoms with Crippen molar-refractivity contribution in [1.29, 1.82) is 0 Å². The van der Waals surface area contributed by atoms with E-state index >= 15 is 0 Å². The van der Waals surface area contributed by atoms with Crippen molar-refractivity contribution in [1.82, 2.24) is 5.32 Å². The predicted molar refractivity (Wildman–Crippen MR) is 91.6 cm³/mol. The average Bonchev–Trinajstić information content (AvgIpc) is 2.52. The zero-order chi connectivity index (χ0) is 16.1. The summed E-state index contributed by atoms with van der Waals surface area (Å²) in [4.78, 5) is 12.4. The first-order valence-corrected chi connectivity index (χ1v) is 7.46. The Morgan fingerprint density at radius 2 is 1.77 bits per heavy atom. The second-order valence-electron chi connectivity index (χ2n) is 5.53. The maximum Gasteiger partial charge on any atom is 0.253 e. The number of hydrogen-bond donors (Lipinski definition) is 3. The molecule has 0 aliphatic carbocycles. The second-order valence-corrected chi connectivity index (χ2v) is 5.53. The van der Waals surface area contributed by atoms with Crippen LogP contribution < -0.4 is 16.4 Å². The van der Waals surface area contributed by atoms with Crippen LogP contribution in [0.3, 0.4) is 0 Å². The van der Waals surface area contributed by atoms with E-state index in [0.29, 0.717) is 12.1 Å². The van der Waals surface area contributed by atoms with Gasteiger partial charge in [-0.1, -0.05) is 24.3 Å². The second kappa shape index (κ2) is 7.09. The van der Waals surface area contributed by atoms with Crippen molar-refractivity contribution < 1.29 is 4.79 Å². The lowest BCUT2D eigenvalue weighted by atomic mass is 10.1. The van der Waals surface area contributed by atoms with Gasteiger partial charge < -0.3 is 16.4 Å². The normalized spacial score (nSPS) is 11.8. The largest absolute Gasteiger partial charge is 0.355 e. The van der Waals surface area contributed by atoms with Gasteiger partial charge in [0.15, 0.2) is 0 Å². The quantitative estimate of drug-likeness (QED) is 0.794. The Labute approximate surface area is 131 Å². The molecule has 2 aromatic rings. The highest BCUT2D eigenvalue weighted by Crippen LogP contribution is 2.25. The molecule has 4 nitrogen and oxygen atoms in total. The van der Waals surface area contributed by atoms with E-state index in [4.69, 9.17) is 5.73 Å². The van der Waals surface area contributed by atoms with Crippen LogP contribution in [0.2, 0.25) is 0 Å². The molecule has 2 rings (SSSR count). The van der Waals surface area contributed by atoms with Gasteiger partial charge in [0, 0.05) is 18.3 Å². The Morgan fingerprint density at radius 3 is 2.50 bits per heavy atom. The van der Waals surface area contributed by atoms with Gasteiger partial charge in [-0.2, -0.15) is 0 Å². The van der Waals surface area contributed by atoms with Gasteiger partial charge in [-0.05, 0) is 50.1 Å². The van der Waals surface area contributed by atoms with Crippen LogP contribution in [-0.2, 0) is 0 Å². The molecule has 1 amide bonds. The summed E-state index contributed by atoms with van der Waals surface area (Å²) >= 11 is 0. The monoisotopic (exact) mass is 297 g/mol. The summed E-state index contributed by atoms with van der Waals surface area (Å²) in [5, 5.41) is 6.26. The lowest BCUT2D eigenvalue weighted by Gasteiger charge is -2.16. The number of nitrogens with one attached hydrogen (secondary N) is 2. The van der Waals surface area contributed by atoms with Crippen molar-refractivity contribution in [2.75, 3.05) is 11.9 Å². The fraction of sp³-hybridized carbons (Fsp3) is 0.278. The molecule has 0 radical (unpaired) electrons. The van der Waals surface area contributed by atoms with Gasteiger partial charge in [0.25, 0.3) is 5.91 Å². The zero-order valence-corrected chi connectivity index (χ0v) is 13.3. The van der Waals surface area contributed by atoms with Crippen LogP contribution in [0.4, 0.5) is 11.4 Å². The first-order valence-electron chi connectivity index (χ1n) is 7.46. The molecule has 4 N–H and O–H groups in total. The van der Waals surface area contributed by atoms with Crippen molar-refractivity contribution in [2.24, 2.45) is 5.73 Å². The maximum atomic E-state index is 12.4. The molecule has 0 saturated carbocycles. The minimum absolute atomic E-state index is 0.0544. The fourth-order valence-corrected chi connectivity index (χ4v) is 2.18. The van der Waals surface area contributed by atoms with Crippen LogP contribution in [0.25, 0.3) is 0 Å². The number of anilines is 2.